The highest BCUT2D eigenvalue weighted by Gasteiger charge is 2.21. The monoisotopic (exact) mass is 338 g/mol. The summed E-state index contributed by atoms with van der Waals surface area (Å²) in [7, 11) is 0. The number of aliphatic imine (C=N–C) groups is 1. The molecule has 0 saturated heterocycles. The van der Waals surface area contributed by atoms with Gasteiger partial charge >= 0.3 is 0 Å². The maximum absolute atomic E-state index is 10.6. The Morgan fingerprint density at radius 1 is 1.12 bits per heavy atom. The van der Waals surface area contributed by atoms with Crippen LogP contribution in [0.25, 0.3) is 0 Å². The van der Waals surface area contributed by atoms with E-state index in [1.54, 1.807) is 18.2 Å². The summed E-state index contributed by atoms with van der Waals surface area (Å²) in [5.74, 6) is 0.0911. The van der Waals surface area contributed by atoms with Crippen LogP contribution in [0.4, 0.5) is 17.1 Å². The van der Waals surface area contributed by atoms with E-state index in [1.807, 2.05) is 39.0 Å². The summed E-state index contributed by atoms with van der Waals surface area (Å²) >= 11 is 0. The van der Waals surface area contributed by atoms with E-state index in [9.17, 15) is 9.90 Å². The molecular formula is C19H22N4O2. The third-order valence-electron chi connectivity index (χ3n) is 3.74. The molecule has 0 aliphatic rings. The van der Waals surface area contributed by atoms with E-state index in [0.29, 0.717) is 30.0 Å². The Balaban J connectivity index is 2.46. The number of phenolic OH excluding ortho intramolecular Hbond substituents is 1. The number of anilines is 1. The summed E-state index contributed by atoms with van der Waals surface area (Å²) in [6, 6.07) is 10.8. The highest BCUT2D eigenvalue weighted by atomic mass is 16.3. The Bertz CT molecular complexity index is 832. The molecule has 0 fully saturated rings. The first-order chi connectivity index (χ1) is 11.8. The highest BCUT2D eigenvalue weighted by Crippen LogP contribution is 2.40. The lowest BCUT2D eigenvalue weighted by atomic mass is 9.84. The zero-order valence-electron chi connectivity index (χ0n) is 14.7. The number of carbonyl (C=O) groups excluding carboxylic acids is 1. The van der Waals surface area contributed by atoms with Crippen LogP contribution in [0.1, 0.15) is 31.9 Å². The number of phenols is 1. The molecule has 0 radical (unpaired) electrons. The minimum absolute atomic E-state index is 0.0911. The molecule has 6 nitrogen and oxygen atoms in total. The maximum atomic E-state index is 10.6. The number of nitrogens with zero attached hydrogens (tertiary/aromatic N) is 3. The molecule has 0 spiro atoms. The summed E-state index contributed by atoms with van der Waals surface area (Å²) in [5.41, 5.74) is 8.68. The average Bonchev–Trinajstić information content (AvgIpc) is 2.55. The van der Waals surface area contributed by atoms with Gasteiger partial charge in [-0.2, -0.15) is 0 Å². The third-order valence-corrected chi connectivity index (χ3v) is 3.74. The number of nitrogen functional groups attached to an aromatic ring is 1. The number of isocyanates is 1. The minimum Gasteiger partial charge on any atom is -0.505 e. The SMILES string of the molecule is CC(C)(C)c1cc(CCN=C=O)cc(N=Nc2ccccc2N)c1O. The molecule has 2 aromatic rings. The van der Waals surface area contributed by atoms with Crippen LogP contribution < -0.4 is 5.73 Å². The van der Waals surface area contributed by atoms with Gasteiger partial charge in [-0.1, -0.05) is 39.0 Å². The van der Waals surface area contributed by atoms with Crippen LogP contribution in [0.5, 0.6) is 5.75 Å². The van der Waals surface area contributed by atoms with Crippen molar-refractivity contribution in [3.05, 3.63) is 47.5 Å². The average molecular weight is 338 g/mol. The molecule has 2 aromatic carbocycles. The molecule has 0 bridgehead atoms. The molecule has 0 heterocycles. The van der Waals surface area contributed by atoms with Gasteiger partial charge in [0.25, 0.3) is 0 Å². The molecule has 0 aliphatic carbocycles. The molecule has 0 aliphatic heterocycles. The Morgan fingerprint density at radius 2 is 1.80 bits per heavy atom. The molecule has 0 aromatic heterocycles. The molecule has 0 atom stereocenters. The number of rotatable bonds is 5. The summed E-state index contributed by atoms with van der Waals surface area (Å²) in [6.45, 7) is 6.35. The van der Waals surface area contributed by atoms with E-state index in [-0.39, 0.29) is 11.2 Å². The van der Waals surface area contributed by atoms with Gasteiger partial charge in [-0.05, 0) is 35.6 Å². The number of azo groups is 1. The van der Waals surface area contributed by atoms with Gasteiger partial charge in [0, 0.05) is 5.56 Å². The van der Waals surface area contributed by atoms with E-state index in [0.717, 1.165) is 11.1 Å². The minimum atomic E-state index is -0.274. The van der Waals surface area contributed by atoms with Gasteiger partial charge < -0.3 is 10.8 Å². The van der Waals surface area contributed by atoms with Crippen molar-refractivity contribution >= 4 is 23.1 Å². The highest BCUT2D eigenvalue weighted by molar-refractivity contribution is 5.63. The third kappa shape index (κ3) is 4.75. The molecule has 6 heteroatoms. The maximum Gasteiger partial charge on any atom is 0.234 e. The molecular weight excluding hydrogens is 316 g/mol. The van der Waals surface area contributed by atoms with Gasteiger partial charge in [0.15, 0.2) is 0 Å². The van der Waals surface area contributed by atoms with Gasteiger partial charge in [0.05, 0.1) is 12.2 Å². The van der Waals surface area contributed by atoms with Crippen LogP contribution in [0, 0.1) is 0 Å². The first-order valence-corrected chi connectivity index (χ1v) is 7.99. The summed E-state index contributed by atoms with van der Waals surface area (Å²) in [5, 5.41) is 18.9. The molecule has 2 rings (SSSR count). The van der Waals surface area contributed by atoms with Crippen molar-refractivity contribution in [3.63, 3.8) is 0 Å². The van der Waals surface area contributed by atoms with Crippen LogP contribution in [-0.4, -0.2) is 17.7 Å². The van der Waals surface area contributed by atoms with E-state index >= 15 is 0 Å². The van der Waals surface area contributed by atoms with Gasteiger partial charge in [-0.3, -0.25) is 0 Å². The van der Waals surface area contributed by atoms with Crippen LogP contribution in [-0.2, 0) is 16.6 Å². The zero-order chi connectivity index (χ0) is 18.4. The number of hydrogen-bond acceptors (Lipinski definition) is 6. The van der Waals surface area contributed by atoms with Crippen LogP contribution in [0.2, 0.25) is 0 Å². The molecule has 25 heavy (non-hydrogen) atoms. The lowest BCUT2D eigenvalue weighted by Gasteiger charge is -2.22. The molecule has 0 amide bonds. The van der Waals surface area contributed by atoms with E-state index < -0.39 is 0 Å². The Kier molecular flexibility index (Phi) is 5.67. The summed E-state index contributed by atoms with van der Waals surface area (Å²) in [4.78, 5) is 13.8. The second-order valence-electron chi connectivity index (χ2n) is 6.74. The van der Waals surface area contributed by atoms with Crippen molar-refractivity contribution in [2.75, 3.05) is 12.3 Å². The van der Waals surface area contributed by atoms with Crippen molar-refractivity contribution < 1.29 is 9.90 Å². The van der Waals surface area contributed by atoms with Gasteiger partial charge in [-0.15, -0.1) is 10.2 Å². The largest absolute Gasteiger partial charge is 0.505 e. The van der Waals surface area contributed by atoms with Crippen molar-refractivity contribution in [2.24, 2.45) is 15.2 Å². The van der Waals surface area contributed by atoms with E-state index in [2.05, 4.69) is 15.2 Å². The zero-order valence-corrected chi connectivity index (χ0v) is 14.7. The number of benzene rings is 2. The van der Waals surface area contributed by atoms with Crippen LogP contribution in [0.15, 0.2) is 51.6 Å². The lowest BCUT2D eigenvalue weighted by molar-refractivity contribution is 0.447. The summed E-state index contributed by atoms with van der Waals surface area (Å²) in [6.07, 6.45) is 2.08. The lowest BCUT2D eigenvalue weighted by Crippen LogP contribution is -2.12. The normalized spacial score (nSPS) is 11.5. The number of nitrogens with two attached hydrogens (primary N) is 1. The van der Waals surface area contributed by atoms with Crippen molar-refractivity contribution in [3.8, 4) is 5.75 Å². The van der Waals surface area contributed by atoms with E-state index in [4.69, 9.17) is 5.73 Å². The van der Waals surface area contributed by atoms with Crippen LogP contribution >= 0.6 is 0 Å². The van der Waals surface area contributed by atoms with Gasteiger partial charge in [-0.25, -0.2) is 9.79 Å². The fourth-order valence-electron chi connectivity index (χ4n) is 2.39. The molecule has 0 saturated carbocycles. The summed E-state index contributed by atoms with van der Waals surface area (Å²) < 4.78 is 0. The van der Waals surface area contributed by atoms with Crippen molar-refractivity contribution in [2.45, 2.75) is 32.6 Å². The molecule has 0 unspecified atom stereocenters. The van der Waals surface area contributed by atoms with Crippen LogP contribution in [0.3, 0.4) is 0 Å². The smallest absolute Gasteiger partial charge is 0.234 e. The van der Waals surface area contributed by atoms with Crippen molar-refractivity contribution in [1.29, 1.82) is 0 Å². The Labute approximate surface area is 147 Å². The van der Waals surface area contributed by atoms with E-state index in [1.165, 1.54) is 6.08 Å². The topological polar surface area (TPSA) is 100 Å². The second-order valence-corrected chi connectivity index (χ2v) is 6.74. The Hall–Kier alpha value is -2.98. The number of aromatic hydroxyl groups is 1. The molecule has 3 N–H and O–H groups in total. The van der Waals surface area contributed by atoms with Gasteiger partial charge in [0.2, 0.25) is 6.08 Å². The fraction of sp³-hybridized carbons (Fsp3) is 0.316. The second kappa shape index (κ2) is 7.73. The standard InChI is InChI=1S/C19H22N4O2/c1-19(2,3)14-10-13(8-9-21-12-24)11-17(18(14)25)23-22-16-7-5-4-6-15(16)20/h4-7,10-11,25H,8-9,20H2,1-3H3. The quantitative estimate of drug-likeness (QED) is 0.361. The predicted molar refractivity (Wildman–Crippen MR) is 98.5 cm³/mol. The van der Waals surface area contributed by atoms with Gasteiger partial charge in [0.1, 0.15) is 17.1 Å². The Morgan fingerprint density at radius 3 is 2.44 bits per heavy atom. The first kappa shape index (κ1) is 18.4. The number of para-hydroxylation sites is 1. The molecule has 130 valence electrons. The first-order valence-electron chi connectivity index (χ1n) is 7.99. The predicted octanol–water partition coefficient (Wildman–Crippen LogP) is 4.57. The number of hydrogen-bond donors (Lipinski definition) is 2. The fourth-order valence-corrected chi connectivity index (χ4v) is 2.39. The van der Waals surface area contributed by atoms with Crippen molar-refractivity contribution in [1.82, 2.24) is 0 Å².